The molecule has 1 aromatic rings. The van der Waals surface area contributed by atoms with Crippen LogP contribution in [-0.4, -0.2) is 35.1 Å². The molecule has 4 heteroatoms. The number of rotatable bonds is 6. The molecule has 0 spiro atoms. The van der Waals surface area contributed by atoms with Gasteiger partial charge in [0.25, 0.3) is 0 Å². The maximum absolute atomic E-state index is 5.52. The first-order valence-electron chi connectivity index (χ1n) is 6.12. The van der Waals surface area contributed by atoms with Crippen LogP contribution >= 0.6 is 0 Å². The third-order valence-electron chi connectivity index (χ3n) is 3.03. The van der Waals surface area contributed by atoms with Crippen molar-refractivity contribution in [3.63, 3.8) is 0 Å². The first-order chi connectivity index (χ1) is 7.78. The Morgan fingerprint density at radius 1 is 1.56 bits per heavy atom. The quantitative estimate of drug-likeness (QED) is 0.791. The van der Waals surface area contributed by atoms with Gasteiger partial charge in [0, 0.05) is 25.4 Å². The monoisotopic (exact) mass is 223 g/mol. The zero-order valence-electron chi connectivity index (χ0n) is 10.1. The van der Waals surface area contributed by atoms with Crippen molar-refractivity contribution in [1.29, 1.82) is 0 Å². The van der Waals surface area contributed by atoms with Crippen molar-refractivity contribution in [3.05, 3.63) is 18.0 Å². The van der Waals surface area contributed by atoms with Crippen molar-refractivity contribution >= 4 is 0 Å². The van der Waals surface area contributed by atoms with Crippen LogP contribution in [0.2, 0.25) is 0 Å². The van der Waals surface area contributed by atoms with E-state index < -0.39 is 0 Å². The van der Waals surface area contributed by atoms with Gasteiger partial charge in [-0.25, -0.2) is 0 Å². The molecule has 0 unspecified atom stereocenters. The molecule has 1 fully saturated rings. The molecule has 0 radical (unpaired) electrons. The van der Waals surface area contributed by atoms with Gasteiger partial charge in [-0.3, -0.25) is 4.68 Å². The summed E-state index contributed by atoms with van der Waals surface area (Å²) in [7, 11) is 0. The molecule has 0 bridgehead atoms. The summed E-state index contributed by atoms with van der Waals surface area (Å²) in [6.45, 7) is 6.90. The molecule has 90 valence electrons. The first kappa shape index (κ1) is 11.6. The molecule has 0 atom stereocenters. The Kier molecular flexibility index (Phi) is 3.96. The first-order valence-corrected chi connectivity index (χ1v) is 6.12. The van der Waals surface area contributed by atoms with E-state index in [1.807, 2.05) is 10.9 Å². The van der Waals surface area contributed by atoms with Crippen LogP contribution in [0.5, 0.6) is 0 Å². The minimum Gasteiger partial charge on any atom is -0.378 e. The fourth-order valence-corrected chi connectivity index (χ4v) is 2.08. The zero-order chi connectivity index (χ0) is 11.4. The number of nitrogens with zero attached hydrogens (tertiary/aromatic N) is 2. The van der Waals surface area contributed by atoms with Crippen LogP contribution in [0.25, 0.3) is 0 Å². The highest BCUT2D eigenvalue weighted by molar-refractivity contribution is 4.99. The van der Waals surface area contributed by atoms with E-state index in [0.29, 0.717) is 12.1 Å². The standard InChI is InChI=1S/C12H21N3O/c1-3-16-12-6-11(7-12)13-4-5-15-9-10(2)8-14-15/h8-9,11-13H,3-7H2,1-2H3. The molecule has 2 rings (SSSR count). The number of nitrogens with one attached hydrogen (secondary N) is 1. The Morgan fingerprint density at radius 3 is 3.00 bits per heavy atom. The summed E-state index contributed by atoms with van der Waals surface area (Å²) < 4.78 is 7.51. The second-order valence-corrected chi connectivity index (χ2v) is 4.48. The van der Waals surface area contributed by atoms with Gasteiger partial charge in [-0.15, -0.1) is 0 Å². The van der Waals surface area contributed by atoms with E-state index in [4.69, 9.17) is 4.74 Å². The average Bonchev–Trinajstić information content (AvgIpc) is 2.60. The molecular formula is C12H21N3O. The number of ether oxygens (including phenoxy) is 1. The lowest BCUT2D eigenvalue weighted by Gasteiger charge is -2.35. The maximum atomic E-state index is 5.52. The van der Waals surface area contributed by atoms with Gasteiger partial charge in [0.2, 0.25) is 0 Å². The number of aromatic nitrogens is 2. The van der Waals surface area contributed by atoms with Crippen molar-refractivity contribution in [2.75, 3.05) is 13.2 Å². The third kappa shape index (κ3) is 3.06. The summed E-state index contributed by atoms with van der Waals surface area (Å²) in [5.41, 5.74) is 1.22. The second kappa shape index (κ2) is 5.46. The normalized spacial score (nSPS) is 24.4. The Morgan fingerprint density at radius 2 is 2.38 bits per heavy atom. The molecule has 16 heavy (non-hydrogen) atoms. The van der Waals surface area contributed by atoms with Crippen LogP contribution in [0.1, 0.15) is 25.3 Å². The Hall–Kier alpha value is -0.870. The molecular weight excluding hydrogens is 202 g/mol. The topological polar surface area (TPSA) is 39.1 Å². The van der Waals surface area contributed by atoms with Gasteiger partial charge < -0.3 is 10.1 Å². The number of hydrogen-bond donors (Lipinski definition) is 1. The van der Waals surface area contributed by atoms with E-state index in [1.165, 1.54) is 5.56 Å². The summed E-state index contributed by atoms with van der Waals surface area (Å²) in [5, 5.41) is 7.78. The fraction of sp³-hybridized carbons (Fsp3) is 0.750. The van der Waals surface area contributed by atoms with Gasteiger partial charge >= 0.3 is 0 Å². The minimum atomic E-state index is 0.495. The molecule has 0 saturated heterocycles. The Bertz CT molecular complexity index is 318. The molecule has 1 aromatic heterocycles. The molecule has 0 aromatic carbocycles. The smallest absolute Gasteiger partial charge is 0.0604 e. The van der Waals surface area contributed by atoms with Gasteiger partial charge in [-0.2, -0.15) is 5.10 Å². The zero-order valence-corrected chi connectivity index (χ0v) is 10.1. The Labute approximate surface area is 97.0 Å². The largest absolute Gasteiger partial charge is 0.378 e. The van der Waals surface area contributed by atoms with Crippen LogP contribution in [0.3, 0.4) is 0 Å². The van der Waals surface area contributed by atoms with Crippen LogP contribution in [0.15, 0.2) is 12.4 Å². The van der Waals surface area contributed by atoms with Crippen molar-refractivity contribution in [3.8, 4) is 0 Å². The SMILES string of the molecule is CCOC1CC(NCCn2cc(C)cn2)C1. The fourth-order valence-electron chi connectivity index (χ4n) is 2.08. The van der Waals surface area contributed by atoms with E-state index in [0.717, 1.165) is 32.5 Å². The number of aryl methyl sites for hydroxylation is 1. The molecule has 1 N–H and O–H groups in total. The van der Waals surface area contributed by atoms with Crippen molar-refractivity contribution in [1.82, 2.24) is 15.1 Å². The predicted molar refractivity (Wildman–Crippen MR) is 63.4 cm³/mol. The molecule has 1 aliphatic carbocycles. The highest BCUT2D eigenvalue weighted by atomic mass is 16.5. The lowest BCUT2D eigenvalue weighted by molar-refractivity contribution is -0.00988. The summed E-state index contributed by atoms with van der Waals surface area (Å²) in [6.07, 6.45) is 6.78. The molecule has 0 amide bonds. The highest BCUT2D eigenvalue weighted by Gasteiger charge is 2.28. The number of hydrogen-bond acceptors (Lipinski definition) is 3. The van der Waals surface area contributed by atoms with E-state index in [-0.39, 0.29) is 0 Å². The molecule has 0 aliphatic heterocycles. The molecule has 1 aliphatic rings. The van der Waals surface area contributed by atoms with Crippen LogP contribution in [0.4, 0.5) is 0 Å². The van der Waals surface area contributed by atoms with Crippen molar-refractivity contribution < 1.29 is 4.74 Å². The van der Waals surface area contributed by atoms with Gasteiger partial charge in [-0.1, -0.05) is 0 Å². The predicted octanol–water partition coefficient (Wildman–Crippen LogP) is 1.35. The van der Waals surface area contributed by atoms with Crippen LogP contribution < -0.4 is 5.32 Å². The average molecular weight is 223 g/mol. The van der Waals surface area contributed by atoms with Gasteiger partial charge in [0.15, 0.2) is 0 Å². The lowest BCUT2D eigenvalue weighted by atomic mass is 9.89. The van der Waals surface area contributed by atoms with E-state index in [9.17, 15) is 0 Å². The van der Waals surface area contributed by atoms with Crippen molar-refractivity contribution in [2.24, 2.45) is 0 Å². The van der Waals surface area contributed by atoms with Crippen LogP contribution in [-0.2, 0) is 11.3 Å². The third-order valence-corrected chi connectivity index (χ3v) is 3.03. The van der Waals surface area contributed by atoms with E-state index in [2.05, 4.69) is 30.5 Å². The lowest BCUT2D eigenvalue weighted by Crippen LogP contribution is -2.46. The van der Waals surface area contributed by atoms with Crippen LogP contribution in [0, 0.1) is 6.92 Å². The summed E-state index contributed by atoms with van der Waals surface area (Å²) in [5.74, 6) is 0. The second-order valence-electron chi connectivity index (χ2n) is 4.48. The summed E-state index contributed by atoms with van der Waals surface area (Å²) in [4.78, 5) is 0. The van der Waals surface area contributed by atoms with Crippen molar-refractivity contribution in [2.45, 2.75) is 45.4 Å². The van der Waals surface area contributed by atoms with Gasteiger partial charge in [0.05, 0.1) is 18.8 Å². The summed E-state index contributed by atoms with van der Waals surface area (Å²) >= 11 is 0. The van der Waals surface area contributed by atoms with E-state index in [1.54, 1.807) is 0 Å². The van der Waals surface area contributed by atoms with Gasteiger partial charge in [-0.05, 0) is 32.3 Å². The molecule has 1 saturated carbocycles. The van der Waals surface area contributed by atoms with E-state index >= 15 is 0 Å². The minimum absolute atomic E-state index is 0.495. The maximum Gasteiger partial charge on any atom is 0.0604 e. The van der Waals surface area contributed by atoms with Gasteiger partial charge in [0.1, 0.15) is 0 Å². The molecule has 1 heterocycles. The molecule has 4 nitrogen and oxygen atoms in total. The highest BCUT2D eigenvalue weighted by Crippen LogP contribution is 2.22. The Balaban J connectivity index is 1.56. The summed E-state index contributed by atoms with van der Waals surface area (Å²) in [6, 6.07) is 0.646.